The van der Waals surface area contributed by atoms with Crippen molar-refractivity contribution >= 4 is 57.4 Å². The first kappa shape index (κ1) is 28.2. The first-order chi connectivity index (χ1) is 18.9. The SMILES string of the molecule is CCOC(=O)c1sc(NC(C)=O)c(C(=O)OCC)c1C[P+](c1ccccc1)(c1ccccc1)c1ccccc1. The van der Waals surface area contributed by atoms with Crippen molar-refractivity contribution in [1.82, 2.24) is 0 Å². The third-order valence-corrected chi connectivity index (χ3v) is 11.7. The fourth-order valence-corrected chi connectivity index (χ4v) is 10.2. The van der Waals surface area contributed by atoms with E-state index in [9.17, 15) is 14.4 Å². The van der Waals surface area contributed by atoms with Gasteiger partial charge in [-0.2, -0.15) is 0 Å². The number of anilines is 1. The number of carbonyl (C=O) groups is 3. The normalized spacial score (nSPS) is 11.1. The van der Waals surface area contributed by atoms with E-state index in [1.807, 2.05) is 54.6 Å². The molecular weight excluding hydrogens is 529 g/mol. The second-order valence-electron chi connectivity index (χ2n) is 8.71. The van der Waals surface area contributed by atoms with Crippen molar-refractivity contribution in [3.05, 3.63) is 107 Å². The van der Waals surface area contributed by atoms with E-state index in [0.29, 0.717) is 11.7 Å². The number of benzene rings is 3. The second-order valence-corrected chi connectivity index (χ2v) is 13.2. The van der Waals surface area contributed by atoms with Gasteiger partial charge in [0.15, 0.2) is 0 Å². The van der Waals surface area contributed by atoms with Crippen LogP contribution in [0.5, 0.6) is 0 Å². The van der Waals surface area contributed by atoms with Crippen LogP contribution in [0.25, 0.3) is 0 Å². The standard InChI is InChI=1S/C31H30NO5PS/c1-4-36-30(34)27-26(28(31(35)37-5-2)39-29(27)32-22(3)33)21-38(23-15-9-6-10-16-23,24-17-11-7-12-18-24)25-19-13-8-14-20-25/h6-20H,4-5,21H2,1-3H3/p+1. The van der Waals surface area contributed by atoms with Crippen molar-refractivity contribution in [2.75, 3.05) is 18.5 Å². The van der Waals surface area contributed by atoms with Gasteiger partial charge in [-0.1, -0.05) is 54.6 Å². The molecule has 4 rings (SSSR count). The van der Waals surface area contributed by atoms with Gasteiger partial charge in [0.05, 0.1) is 13.2 Å². The first-order valence-electron chi connectivity index (χ1n) is 12.7. The van der Waals surface area contributed by atoms with Crippen LogP contribution < -0.4 is 21.2 Å². The van der Waals surface area contributed by atoms with Gasteiger partial charge in [-0.05, 0) is 50.2 Å². The quantitative estimate of drug-likeness (QED) is 0.203. The van der Waals surface area contributed by atoms with Crippen molar-refractivity contribution in [2.45, 2.75) is 26.9 Å². The summed E-state index contributed by atoms with van der Waals surface area (Å²) in [4.78, 5) is 39.2. The number of nitrogens with one attached hydrogen (secondary N) is 1. The molecule has 1 heterocycles. The third-order valence-electron chi connectivity index (χ3n) is 6.22. The van der Waals surface area contributed by atoms with Gasteiger partial charge in [0.25, 0.3) is 0 Å². The van der Waals surface area contributed by atoms with Crippen LogP contribution >= 0.6 is 18.6 Å². The van der Waals surface area contributed by atoms with Crippen LogP contribution in [0.4, 0.5) is 5.00 Å². The molecule has 0 fully saturated rings. The molecule has 8 heteroatoms. The number of carbonyl (C=O) groups excluding carboxylic acids is 3. The monoisotopic (exact) mass is 560 g/mol. The molecule has 0 bridgehead atoms. The summed E-state index contributed by atoms with van der Waals surface area (Å²) in [5.74, 6) is -1.47. The van der Waals surface area contributed by atoms with Crippen LogP contribution in [-0.4, -0.2) is 31.1 Å². The van der Waals surface area contributed by atoms with E-state index < -0.39 is 19.2 Å². The number of esters is 2. The third kappa shape index (κ3) is 5.95. The Kier molecular flexibility index (Phi) is 9.28. The minimum absolute atomic E-state index is 0.152. The largest absolute Gasteiger partial charge is 0.462 e. The molecule has 0 aliphatic carbocycles. The van der Waals surface area contributed by atoms with E-state index in [2.05, 4.69) is 41.7 Å². The molecule has 0 unspecified atom stereocenters. The molecule has 0 saturated heterocycles. The van der Waals surface area contributed by atoms with E-state index in [1.54, 1.807) is 13.8 Å². The predicted molar refractivity (Wildman–Crippen MR) is 159 cm³/mol. The molecule has 0 aliphatic rings. The number of hydrogen-bond donors (Lipinski definition) is 1. The van der Waals surface area contributed by atoms with Crippen molar-refractivity contribution < 1.29 is 23.9 Å². The second kappa shape index (κ2) is 12.8. The summed E-state index contributed by atoms with van der Waals surface area (Å²) < 4.78 is 10.9. The van der Waals surface area contributed by atoms with Gasteiger partial charge in [0.1, 0.15) is 44.8 Å². The Balaban J connectivity index is 2.09. The van der Waals surface area contributed by atoms with Crippen molar-refractivity contribution in [3.63, 3.8) is 0 Å². The predicted octanol–water partition coefficient (Wildman–Crippen LogP) is 5.55. The summed E-state index contributed by atoms with van der Waals surface area (Å²) in [5, 5.41) is 6.33. The Morgan fingerprint density at radius 1 is 0.718 bits per heavy atom. The van der Waals surface area contributed by atoms with Gasteiger partial charge in [-0.15, -0.1) is 11.3 Å². The highest BCUT2D eigenvalue weighted by Crippen LogP contribution is 2.60. The lowest BCUT2D eigenvalue weighted by molar-refractivity contribution is -0.114. The number of hydrogen-bond acceptors (Lipinski definition) is 6. The van der Waals surface area contributed by atoms with E-state index in [0.717, 1.165) is 27.3 Å². The molecule has 6 nitrogen and oxygen atoms in total. The van der Waals surface area contributed by atoms with Crippen LogP contribution in [0.15, 0.2) is 91.0 Å². The molecule has 1 aromatic heterocycles. The molecule has 0 radical (unpaired) electrons. The highest BCUT2D eigenvalue weighted by molar-refractivity contribution is 7.95. The lowest BCUT2D eigenvalue weighted by Crippen LogP contribution is -2.33. The number of thiophene rings is 1. The summed E-state index contributed by atoms with van der Waals surface area (Å²) in [6.07, 6.45) is 0.351. The summed E-state index contributed by atoms with van der Waals surface area (Å²) in [6, 6.07) is 30.6. The number of rotatable bonds is 10. The molecular formula is C31H31NO5PS+. The van der Waals surface area contributed by atoms with Crippen LogP contribution in [0.2, 0.25) is 0 Å². The molecule has 200 valence electrons. The van der Waals surface area contributed by atoms with Crippen molar-refractivity contribution in [3.8, 4) is 0 Å². The lowest BCUT2D eigenvalue weighted by atomic mass is 10.1. The Morgan fingerprint density at radius 2 is 1.15 bits per heavy atom. The van der Waals surface area contributed by atoms with Crippen molar-refractivity contribution in [2.24, 2.45) is 0 Å². The average Bonchev–Trinajstić information content (AvgIpc) is 3.30. The van der Waals surface area contributed by atoms with Gasteiger partial charge < -0.3 is 14.8 Å². The van der Waals surface area contributed by atoms with E-state index in [4.69, 9.17) is 9.47 Å². The molecule has 1 N–H and O–H groups in total. The summed E-state index contributed by atoms with van der Waals surface area (Å²) in [5.41, 5.74) is 0.720. The maximum absolute atomic E-state index is 13.5. The van der Waals surface area contributed by atoms with Crippen molar-refractivity contribution in [1.29, 1.82) is 0 Å². The fraction of sp³-hybridized carbons (Fsp3) is 0.194. The van der Waals surface area contributed by atoms with Gasteiger partial charge in [0.2, 0.25) is 5.91 Å². The number of ether oxygens (including phenoxy) is 2. The first-order valence-corrected chi connectivity index (χ1v) is 15.5. The van der Waals surface area contributed by atoms with Gasteiger partial charge in [-0.25, -0.2) is 9.59 Å². The highest BCUT2D eigenvalue weighted by Gasteiger charge is 2.48. The zero-order valence-electron chi connectivity index (χ0n) is 22.2. The van der Waals surface area contributed by atoms with E-state index >= 15 is 0 Å². The Bertz CT molecular complexity index is 1340. The lowest BCUT2D eigenvalue weighted by Gasteiger charge is -2.28. The maximum atomic E-state index is 13.5. The highest BCUT2D eigenvalue weighted by atomic mass is 32.1. The smallest absolute Gasteiger partial charge is 0.348 e. The van der Waals surface area contributed by atoms with Gasteiger partial charge in [0, 0.05) is 12.5 Å². The zero-order chi connectivity index (χ0) is 27.8. The Morgan fingerprint density at radius 3 is 1.56 bits per heavy atom. The maximum Gasteiger partial charge on any atom is 0.348 e. The van der Waals surface area contributed by atoms with Gasteiger partial charge in [-0.3, -0.25) is 4.79 Å². The fourth-order valence-electron chi connectivity index (χ4n) is 4.65. The Hall–Kier alpha value is -3.80. The minimum Gasteiger partial charge on any atom is -0.462 e. The molecule has 39 heavy (non-hydrogen) atoms. The Labute approximate surface area is 233 Å². The summed E-state index contributed by atoms with van der Waals surface area (Å²) in [6.45, 7) is 5.16. The molecule has 1 amide bonds. The van der Waals surface area contributed by atoms with E-state index in [1.165, 1.54) is 6.92 Å². The minimum atomic E-state index is -2.49. The molecule has 0 saturated carbocycles. The van der Waals surface area contributed by atoms with Crippen LogP contribution in [0.1, 0.15) is 46.4 Å². The molecule has 3 aromatic carbocycles. The topological polar surface area (TPSA) is 81.7 Å². The molecule has 4 aromatic rings. The van der Waals surface area contributed by atoms with Gasteiger partial charge >= 0.3 is 11.9 Å². The van der Waals surface area contributed by atoms with Crippen LogP contribution in [-0.2, 0) is 20.4 Å². The van der Waals surface area contributed by atoms with E-state index in [-0.39, 0.29) is 34.6 Å². The average molecular weight is 561 g/mol. The summed E-state index contributed by atoms with van der Waals surface area (Å²) >= 11 is 1.05. The number of amides is 1. The molecule has 0 spiro atoms. The molecule has 0 aliphatic heterocycles. The molecule has 0 atom stereocenters. The zero-order valence-corrected chi connectivity index (χ0v) is 23.9. The van der Waals surface area contributed by atoms with Crippen LogP contribution in [0, 0.1) is 0 Å². The van der Waals surface area contributed by atoms with Crippen LogP contribution in [0.3, 0.4) is 0 Å². The summed E-state index contributed by atoms with van der Waals surface area (Å²) in [7, 11) is -2.49.